The second-order valence-corrected chi connectivity index (χ2v) is 17.1. The monoisotopic (exact) mass is 927 g/mol. The van der Waals surface area contributed by atoms with Crippen LogP contribution in [0.15, 0.2) is 78.9 Å². The Hall–Kier alpha value is -6.04. The molecule has 3 aromatic carbocycles. The number of esters is 6. The predicted octanol–water partition coefficient (Wildman–Crippen LogP) is 9.96. The van der Waals surface area contributed by atoms with E-state index in [9.17, 15) is 28.8 Å². The Morgan fingerprint density at radius 2 is 0.910 bits per heavy atom. The topological polar surface area (TPSA) is 158 Å². The SMILES string of the molecule is C=C(C)C(=O)OC(C)COC(=O)CCC(=O)OCCc1ccc(CCCC)cc1.C=C(C)C(=O)OCC(C)OC(=O)CCC(=O)OCCc1ccc(CCCc2cc(C)c(C)c(C)c2C)cc1. The van der Waals surface area contributed by atoms with Gasteiger partial charge in [-0.1, -0.05) is 81.1 Å². The molecule has 0 N–H and O–H groups in total. The van der Waals surface area contributed by atoms with Crippen molar-refractivity contribution < 1.29 is 57.2 Å². The molecular formula is C55H74O12. The number of carbonyl (C=O) groups excluding carboxylic acids is 6. The number of hydrogen-bond donors (Lipinski definition) is 0. The van der Waals surface area contributed by atoms with Crippen molar-refractivity contribution in [3.8, 4) is 0 Å². The Labute approximate surface area is 398 Å². The Morgan fingerprint density at radius 1 is 0.493 bits per heavy atom. The molecule has 2 atom stereocenters. The van der Waals surface area contributed by atoms with Crippen molar-refractivity contribution in [1.82, 2.24) is 0 Å². The third kappa shape index (κ3) is 23.8. The molecule has 0 saturated heterocycles. The molecule has 67 heavy (non-hydrogen) atoms. The molecule has 0 spiro atoms. The number of rotatable bonds is 27. The Kier molecular flexibility index (Phi) is 26.4. The van der Waals surface area contributed by atoms with E-state index in [1.807, 2.05) is 0 Å². The maximum absolute atomic E-state index is 12.0. The summed E-state index contributed by atoms with van der Waals surface area (Å²) >= 11 is 0. The number of hydrogen-bond acceptors (Lipinski definition) is 12. The van der Waals surface area contributed by atoms with Crippen molar-refractivity contribution in [2.24, 2.45) is 0 Å². The quantitative estimate of drug-likeness (QED) is 0.0406. The van der Waals surface area contributed by atoms with E-state index in [4.69, 9.17) is 28.4 Å². The Morgan fingerprint density at radius 3 is 1.39 bits per heavy atom. The first-order chi connectivity index (χ1) is 31.8. The summed E-state index contributed by atoms with van der Waals surface area (Å²) in [7, 11) is 0. The average Bonchev–Trinajstić information content (AvgIpc) is 3.30. The molecule has 366 valence electrons. The van der Waals surface area contributed by atoms with Crippen molar-refractivity contribution in [2.45, 2.75) is 152 Å². The highest BCUT2D eigenvalue weighted by Gasteiger charge is 2.16. The molecule has 0 saturated carbocycles. The first-order valence-corrected chi connectivity index (χ1v) is 23.4. The second kappa shape index (κ2) is 31.0. The van der Waals surface area contributed by atoms with Crippen LogP contribution in [-0.2, 0) is 89.3 Å². The van der Waals surface area contributed by atoms with Crippen molar-refractivity contribution in [3.63, 3.8) is 0 Å². The van der Waals surface area contributed by atoms with E-state index < -0.39 is 48.0 Å². The summed E-state index contributed by atoms with van der Waals surface area (Å²) in [5.41, 5.74) is 12.4. The lowest BCUT2D eigenvalue weighted by molar-refractivity contribution is -0.158. The number of benzene rings is 3. The van der Waals surface area contributed by atoms with Gasteiger partial charge in [0.2, 0.25) is 0 Å². The lowest BCUT2D eigenvalue weighted by Crippen LogP contribution is -2.23. The van der Waals surface area contributed by atoms with E-state index in [-0.39, 0.29) is 63.3 Å². The first-order valence-electron chi connectivity index (χ1n) is 23.4. The number of unbranched alkanes of at least 4 members (excludes halogenated alkanes) is 1. The van der Waals surface area contributed by atoms with Gasteiger partial charge >= 0.3 is 35.8 Å². The second-order valence-electron chi connectivity index (χ2n) is 17.1. The summed E-state index contributed by atoms with van der Waals surface area (Å²) in [6.45, 7) is 24.6. The molecule has 0 aromatic heterocycles. The fourth-order valence-electron chi connectivity index (χ4n) is 6.52. The highest BCUT2D eigenvalue weighted by molar-refractivity contribution is 5.87. The largest absolute Gasteiger partial charge is 0.465 e. The summed E-state index contributed by atoms with van der Waals surface area (Å²) in [5.74, 6) is -3.04. The maximum atomic E-state index is 12.0. The van der Waals surface area contributed by atoms with Gasteiger partial charge in [-0.25, -0.2) is 9.59 Å². The third-order valence-electron chi connectivity index (χ3n) is 11.0. The minimum absolute atomic E-state index is 0.0469. The summed E-state index contributed by atoms with van der Waals surface area (Å²) < 4.78 is 30.5. The molecule has 3 rings (SSSR count). The van der Waals surface area contributed by atoms with E-state index in [0.29, 0.717) is 12.8 Å². The molecule has 0 aliphatic carbocycles. The zero-order valence-electron chi connectivity index (χ0n) is 41.5. The fourth-order valence-corrected chi connectivity index (χ4v) is 6.52. The number of ether oxygens (including phenoxy) is 6. The van der Waals surface area contributed by atoms with Crippen LogP contribution in [0.5, 0.6) is 0 Å². The van der Waals surface area contributed by atoms with Gasteiger partial charge in [-0.05, 0) is 138 Å². The maximum Gasteiger partial charge on any atom is 0.333 e. The fraction of sp³-hybridized carbons (Fsp3) is 0.491. The van der Waals surface area contributed by atoms with E-state index in [1.165, 1.54) is 65.6 Å². The molecule has 0 bridgehead atoms. The van der Waals surface area contributed by atoms with Crippen molar-refractivity contribution >= 4 is 35.8 Å². The first kappa shape index (κ1) is 57.1. The van der Waals surface area contributed by atoms with Crippen molar-refractivity contribution in [2.75, 3.05) is 26.4 Å². The summed E-state index contributed by atoms with van der Waals surface area (Å²) in [6.07, 6.45) is 6.41. The molecule has 0 aliphatic rings. The normalized spacial score (nSPS) is 11.5. The van der Waals surface area contributed by atoms with Crippen molar-refractivity contribution in [3.05, 3.63) is 129 Å². The van der Waals surface area contributed by atoms with Crippen LogP contribution in [0.2, 0.25) is 0 Å². The minimum Gasteiger partial charge on any atom is -0.465 e. The third-order valence-corrected chi connectivity index (χ3v) is 11.0. The van der Waals surface area contributed by atoms with Crippen LogP contribution in [0.1, 0.15) is 130 Å². The van der Waals surface area contributed by atoms with E-state index in [0.717, 1.165) is 36.8 Å². The van der Waals surface area contributed by atoms with Gasteiger partial charge in [0.15, 0.2) is 0 Å². The molecular weight excluding hydrogens is 853 g/mol. The van der Waals surface area contributed by atoms with Gasteiger partial charge in [-0.3, -0.25) is 19.2 Å². The molecule has 0 amide bonds. The minimum atomic E-state index is -0.607. The van der Waals surface area contributed by atoms with Crippen LogP contribution in [0, 0.1) is 27.7 Å². The summed E-state index contributed by atoms with van der Waals surface area (Å²) in [5, 5.41) is 0. The van der Waals surface area contributed by atoms with Gasteiger partial charge in [0.1, 0.15) is 25.4 Å². The van der Waals surface area contributed by atoms with Crippen LogP contribution in [0.25, 0.3) is 0 Å². The van der Waals surface area contributed by atoms with E-state index in [1.54, 1.807) is 13.8 Å². The van der Waals surface area contributed by atoms with Crippen LogP contribution < -0.4 is 0 Å². The molecule has 2 unspecified atom stereocenters. The standard InChI is InChI=1S/C32H42O6.C23H32O6/c1-21(2)32(35)37-20-23(4)38-31(34)16-15-30(33)36-18-17-28-13-11-27(12-14-28)9-8-10-29-19-22(3)24(5)25(6)26(29)7;1-5-6-7-19-8-10-20(11-9-19)14-15-27-21(24)12-13-22(25)28-16-18(4)29-23(26)17(2)3/h11-14,19,23H,1,8-10,15-18,20H2,2-7H3;8-11,18H,2,5-7,12-16H2,1,3-4H3. The van der Waals surface area contributed by atoms with Crippen LogP contribution in [-0.4, -0.2) is 74.5 Å². The molecule has 12 nitrogen and oxygen atoms in total. The lowest BCUT2D eigenvalue weighted by atomic mass is 9.91. The molecule has 0 heterocycles. The van der Waals surface area contributed by atoms with Crippen LogP contribution in [0.3, 0.4) is 0 Å². The number of aryl methyl sites for hydroxylation is 4. The van der Waals surface area contributed by atoms with Crippen LogP contribution in [0.4, 0.5) is 0 Å². The molecule has 12 heteroatoms. The zero-order chi connectivity index (χ0) is 49.9. The van der Waals surface area contributed by atoms with Gasteiger partial charge in [0.25, 0.3) is 0 Å². The average molecular weight is 927 g/mol. The van der Waals surface area contributed by atoms with Gasteiger partial charge in [0, 0.05) is 24.0 Å². The molecule has 0 fully saturated rings. The van der Waals surface area contributed by atoms with Crippen LogP contribution >= 0.6 is 0 Å². The predicted molar refractivity (Wildman–Crippen MR) is 259 cm³/mol. The Balaban J connectivity index is 0.000000478. The zero-order valence-corrected chi connectivity index (χ0v) is 41.5. The summed E-state index contributed by atoms with van der Waals surface area (Å²) in [4.78, 5) is 70.0. The molecule has 0 radical (unpaired) electrons. The van der Waals surface area contributed by atoms with Gasteiger partial charge < -0.3 is 28.4 Å². The molecule has 3 aromatic rings. The van der Waals surface area contributed by atoms with E-state index >= 15 is 0 Å². The smallest absolute Gasteiger partial charge is 0.333 e. The molecule has 0 aliphatic heterocycles. The van der Waals surface area contributed by atoms with Gasteiger partial charge in [-0.2, -0.15) is 0 Å². The van der Waals surface area contributed by atoms with Crippen molar-refractivity contribution in [1.29, 1.82) is 0 Å². The highest BCUT2D eigenvalue weighted by Crippen LogP contribution is 2.23. The van der Waals surface area contributed by atoms with Gasteiger partial charge in [-0.15, -0.1) is 0 Å². The lowest BCUT2D eigenvalue weighted by Gasteiger charge is -2.14. The number of carbonyl (C=O) groups is 6. The highest BCUT2D eigenvalue weighted by atomic mass is 16.6. The van der Waals surface area contributed by atoms with Gasteiger partial charge in [0.05, 0.1) is 38.9 Å². The van der Waals surface area contributed by atoms with E-state index in [2.05, 4.69) is 102 Å². The summed E-state index contributed by atoms with van der Waals surface area (Å²) in [6, 6.07) is 19.1. The Bertz CT molecular complexity index is 2100.